The molecule has 0 bridgehead atoms. The lowest BCUT2D eigenvalue weighted by Crippen LogP contribution is -2.69. The first-order chi connectivity index (χ1) is 36.7. The Hall–Kier alpha value is -8.87. The molecule has 0 amide bonds. The van der Waals surface area contributed by atoms with Gasteiger partial charge in [0.25, 0.3) is 0 Å². The van der Waals surface area contributed by atoms with Gasteiger partial charge in [-0.15, -0.1) is 11.3 Å². The van der Waals surface area contributed by atoms with Gasteiger partial charge in [0.2, 0.25) is 0 Å². The smallest absolute Gasteiger partial charge is 0.164 e. The van der Waals surface area contributed by atoms with Gasteiger partial charge < -0.3 is 0 Å². The Labute approximate surface area is 435 Å². The highest BCUT2D eigenvalue weighted by Crippen LogP contribution is 2.41. The fraction of sp³-hybridized carbons (Fsp3) is 0.0290. The third-order valence-corrected chi connectivity index (χ3v) is 21.7. The fourth-order valence-corrected chi connectivity index (χ4v) is 18.2. The number of benzene rings is 11. The normalized spacial score (nSPS) is 13.6. The Kier molecular flexibility index (Phi) is 10.9. The van der Waals surface area contributed by atoms with Crippen LogP contribution >= 0.6 is 11.3 Å². The van der Waals surface area contributed by atoms with Gasteiger partial charge in [-0.2, -0.15) is 0 Å². The molecule has 2 aromatic heterocycles. The lowest BCUT2D eigenvalue weighted by Gasteiger charge is -2.40. The third-order valence-electron chi connectivity index (χ3n) is 15.3. The molecule has 0 fully saturated rings. The zero-order chi connectivity index (χ0) is 49.0. The van der Waals surface area contributed by atoms with E-state index in [1.54, 1.807) is 0 Å². The van der Waals surface area contributed by atoms with Crippen LogP contribution in [-0.2, 0) is 0 Å². The van der Waals surface area contributed by atoms with Gasteiger partial charge in [0.05, 0.1) is 0 Å². The van der Waals surface area contributed by atoms with Gasteiger partial charge in [-0.1, -0.05) is 237 Å². The van der Waals surface area contributed by atoms with Crippen LogP contribution in [0.5, 0.6) is 0 Å². The first-order valence-corrected chi connectivity index (χ1v) is 28.3. The molecule has 0 saturated heterocycles. The van der Waals surface area contributed by atoms with Crippen molar-refractivity contribution in [1.29, 1.82) is 0 Å². The molecule has 2 heterocycles. The van der Waals surface area contributed by atoms with Crippen LogP contribution in [0.1, 0.15) is 6.42 Å². The summed E-state index contributed by atoms with van der Waals surface area (Å²) in [6.07, 6.45) is 10.2. The number of allylic oxidation sites excluding steroid dienone is 4. The quantitative estimate of drug-likeness (QED) is 0.0822. The molecule has 14 rings (SSSR count). The zero-order valence-electron chi connectivity index (χ0n) is 40.4. The van der Waals surface area contributed by atoms with Gasteiger partial charge in [0, 0.05) is 36.9 Å². The number of aromatic nitrogens is 3. The molecule has 5 heteroatoms. The van der Waals surface area contributed by atoms with Crippen LogP contribution in [0.4, 0.5) is 0 Å². The Bertz CT molecular complexity index is 4260. The van der Waals surface area contributed by atoms with E-state index in [2.05, 4.69) is 249 Å². The van der Waals surface area contributed by atoms with Crippen molar-refractivity contribution in [2.45, 2.75) is 12.0 Å². The van der Waals surface area contributed by atoms with Crippen LogP contribution in [0.2, 0.25) is 5.54 Å². The molecule has 0 spiro atoms. The molecule has 0 radical (unpaired) electrons. The maximum Gasteiger partial charge on any atom is 0.164 e. The topological polar surface area (TPSA) is 38.7 Å². The Morgan fingerprint density at radius 2 is 0.757 bits per heavy atom. The van der Waals surface area contributed by atoms with Gasteiger partial charge in [-0.25, -0.2) is 15.0 Å². The first kappa shape index (κ1) is 43.9. The zero-order valence-corrected chi connectivity index (χ0v) is 42.3. The summed E-state index contributed by atoms with van der Waals surface area (Å²) in [4.78, 5) is 15.6. The van der Waals surface area contributed by atoms with E-state index in [1.807, 2.05) is 29.5 Å². The van der Waals surface area contributed by atoms with E-state index in [4.69, 9.17) is 15.0 Å². The molecular formula is C69H47N3SSi. The summed E-state index contributed by atoms with van der Waals surface area (Å²) in [7, 11) is -2.57. The van der Waals surface area contributed by atoms with E-state index in [0.29, 0.717) is 23.0 Å². The van der Waals surface area contributed by atoms with Crippen LogP contribution in [0.15, 0.2) is 267 Å². The van der Waals surface area contributed by atoms with Crippen LogP contribution in [0.3, 0.4) is 0 Å². The maximum absolute atomic E-state index is 5.26. The molecule has 348 valence electrons. The lowest BCUT2D eigenvalue weighted by molar-refractivity contribution is 0.997. The number of rotatable bonds is 9. The number of thiophene rings is 1. The van der Waals surface area contributed by atoms with Crippen molar-refractivity contribution >= 4 is 87.5 Å². The average molecular weight is 978 g/mol. The molecule has 13 aromatic rings. The van der Waals surface area contributed by atoms with Crippen molar-refractivity contribution in [2.24, 2.45) is 0 Å². The van der Waals surface area contributed by atoms with E-state index in [-0.39, 0.29) is 0 Å². The number of hydrogen-bond acceptors (Lipinski definition) is 4. The second kappa shape index (κ2) is 18.3. The number of hydrogen-bond donors (Lipinski definition) is 0. The van der Waals surface area contributed by atoms with Crippen molar-refractivity contribution in [3.8, 4) is 56.4 Å². The highest BCUT2D eigenvalue weighted by Gasteiger charge is 2.45. The minimum Gasteiger partial charge on any atom is -0.208 e. The van der Waals surface area contributed by atoms with Crippen LogP contribution < -0.4 is 15.6 Å². The Morgan fingerprint density at radius 1 is 0.311 bits per heavy atom. The summed E-state index contributed by atoms with van der Waals surface area (Å²) >= 11 is 1.81. The Balaban J connectivity index is 0.826. The highest BCUT2D eigenvalue weighted by atomic mass is 32.1. The third kappa shape index (κ3) is 7.51. The van der Waals surface area contributed by atoms with E-state index < -0.39 is 8.07 Å². The predicted octanol–water partition coefficient (Wildman–Crippen LogP) is 16.4. The molecule has 0 saturated carbocycles. The van der Waals surface area contributed by atoms with E-state index in [1.165, 1.54) is 90.3 Å². The van der Waals surface area contributed by atoms with Crippen molar-refractivity contribution in [3.05, 3.63) is 267 Å². The Morgan fingerprint density at radius 3 is 1.36 bits per heavy atom. The van der Waals surface area contributed by atoms with Gasteiger partial charge in [-0.3, -0.25) is 0 Å². The molecule has 11 aromatic carbocycles. The summed E-state index contributed by atoms with van der Waals surface area (Å²) in [5.41, 5.74) is 8.02. The summed E-state index contributed by atoms with van der Waals surface area (Å²) in [5, 5.41) is 14.4. The van der Waals surface area contributed by atoms with E-state index in [9.17, 15) is 0 Å². The molecule has 1 unspecified atom stereocenters. The summed E-state index contributed by atoms with van der Waals surface area (Å²) in [6.45, 7) is 0. The summed E-state index contributed by atoms with van der Waals surface area (Å²) < 4.78 is 2.44. The molecule has 3 nitrogen and oxygen atoms in total. The largest absolute Gasteiger partial charge is 0.208 e. The first-order valence-electron chi connectivity index (χ1n) is 25.4. The van der Waals surface area contributed by atoms with E-state index in [0.717, 1.165) is 23.1 Å². The van der Waals surface area contributed by atoms with Crippen molar-refractivity contribution in [3.63, 3.8) is 0 Å². The van der Waals surface area contributed by atoms with Crippen LogP contribution in [-0.4, -0.2) is 23.0 Å². The highest BCUT2D eigenvalue weighted by molar-refractivity contribution is 7.25. The second-order valence-corrected chi connectivity index (χ2v) is 24.6. The number of nitrogens with zero attached hydrogens (tertiary/aromatic N) is 3. The molecule has 0 N–H and O–H groups in total. The summed E-state index contributed by atoms with van der Waals surface area (Å²) in [5.74, 6) is 1.96. The van der Waals surface area contributed by atoms with Crippen LogP contribution in [0, 0.1) is 0 Å². The molecule has 1 atom stereocenters. The van der Waals surface area contributed by atoms with Gasteiger partial charge >= 0.3 is 0 Å². The van der Waals surface area contributed by atoms with E-state index >= 15 is 0 Å². The molecule has 0 aliphatic heterocycles. The number of fused-ring (bicyclic) bond motifs is 9. The molecule has 74 heavy (non-hydrogen) atoms. The summed E-state index contributed by atoms with van der Waals surface area (Å²) in [6, 6.07) is 88.9. The maximum atomic E-state index is 5.26. The molecule has 1 aliphatic carbocycles. The van der Waals surface area contributed by atoms with Gasteiger partial charge in [0.15, 0.2) is 25.5 Å². The average Bonchev–Trinajstić information content (AvgIpc) is 3.86. The van der Waals surface area contributed by atoms with Crippen LogP contribution in [0.25, 0.3) is 109 Å². The predicted molar refractivity (Wildman–Crippen MR) is 317 cm³/mol. The minimum absolute atomic E-state index is 0.350. The molecule has 1 aliphatic rings. The second-order valence-electron chi connectivity index (χ2n) is 19.4. The lowest BCUT2D eigenvalue weighted by atomic mass is 9.91. The minimum atomic E-state index is -2.57. The monoisotopic (exact) mass is 977 g/mol. The standard InChI is InChI=1S/C69H47N3SSi/c1-5-18-46(19-6-1)67-70-68(47-32-37-56(38-33-47)74(53-22-7-2-8-23-53,54-24-9-3-10-25-54)55-26-11-4-12-27-55)72-69(71-67)52-35-40-62-64-44-51(36-41-65(64)73-66(62)45-52)49-21-17-20-48(42-49)50-34-39-61-59-30-14-13-28-57(59)58-29-15-16-31-60(58)63(61)43-50/h1-26,28-45,55H,27H2. The molecular weight excluding hydrogens is 931 g/mol. The van der Waals surface area contributed by atoms with Gasteiger partial charge in [-0.05, 0) is 112 Å². The van der Waals surface area contributed by atoms with Gasteiger partial charge in [0.1, 0.15) is 0 Å². The fourth-order valence-electron chi connectivity index (χ4n) is 11.7. The SMILES string of the molecule is C1=CCC([Si](c2ccccc2)(c2ccccc2)c2ccc(-c3nc(-c4ccccc4)nc(-c4ccc5c(c4)sc4ccc(-c6cccc(-c7ccc8c9ccccc9c9ccccc9c8c7)c6)cc45)n3)cc2)C=C1. The van der Waals surface area contributed by atoms with Crippen molar-refractivity contribution in [1.82, 2.24) is 15.0 Å². The van der Waals surface area contributed by atoms with Crippen molar-refractivity contribution < 1.29 is 0 Å². The van der Waals surface area contributed by atoms with Crippen molar-refractivity contribution in [2.75, 3.05) is 0 Å².